The van der Waals surface area contributed by atoms with Gasteiger partial charge in [-0.1, -0.05) is 38.1 Å². The molecule has 1 aliphatic rings. The van der Waals surface area contributed by atoms with Crippen LogP contribution < -0.4 is 16.1 Å². The molecule has 1 fully saturated rings. The van der Waals surface area contributed by atoms with Gasteiger partial charge in [0, 0.05) is 0 Å². The van der Waals surface area contributed by atoms with Crippen LogP contribution in [0.3, 0.4) is 0 Å². The van der Waals surface area contributed by atoms with E-state index < -0.39 is 42.5 Å². The molecule has 0 saturated carbocycles. The molecule has 1 aliphatic heterocycles. The largest absolute Gasteiger partial charge is 0.494 e. The van der Waals surface area contributed by atoms with Crippen LogP contribution >= 0.6 is 0 Å². The lowest BCUT2D eigenvalue weighted by atomic mass is 9.78. The number of nitriles is 1. The lowest BCUT2D eigenvalue weighted by molar-refractivity contribution is -0.161. The fourth-order valence-corrected chi connectivity index (χ4v) is 3.38. The van der Waals surface area contributed by atoms with E-state index in [2.05, 4.69) is 10.6 Å². The highest BCUT2D eigenvalue weighted by atomic mass is 19.4. The average Bonchev–Trinajstić information content (AvgIpc) is 2.89. The summed E-state index contributed by atoms with van der Waals surface area (Å²) >= 11 is 0. The highest BCUT2D eigenvalue weighted by Crippen LogP contribution is 2.37. The maximum atomic E-state index is 13.9. The molecule has 2 atom stereocenters. The van der Waals surface area contributed by atoms with E-state index in [0.717, 1.165) is 0 Å². The molecule has 1 aromatic rings. The predicted octanol–water partition coefficient (Wildman–Crippen LogP) is 3.23. The summed E-state index contributed by atoms with van der Waals surface area (Å²) in [4.78, 5) is 12.4. The number of nitrogens with one attached hydrogen (secondary N) is 2. The first-order chi connectivity index (χ1) is 14.7. The third kappa shape index (κ3) is 6.24. The van der Waals surface area contributed by atoms with E-state index in [1.54, 1.807) is 18.2 Å². The van der Waals surface area contributed by atoms with Gasteiger partial charge in [0.2, 0.25) is 5.91 Å². The van der Waals surface area contributed by atoms with Crippen molar-refractivity contribution in [2.24, 2.45) is 5.92 Å². The second-order valence-electron chi connectivity index (χ2n) is 9.45. The molecule has 0 aromatic heterocycles. The third-order valence-corrected chi connectivity index (χ3v) is 5.86. The van der Waals surface area contributed by atoms with E-state index in [4.69, 9.17) is 14.6 Å². The minimum absolute atomic E-state index is 0.0278. The Balaban J connectivity index is 2.26. The summed E-state index contributed by atoms with van der Waals surface area (Å²) in [6, 6.07) is 4.44. The van der Waals surface area contributed by atoms with Crippen molar-refractivity contribution in [2.75, 3.05) is 6.54 Å². The molecule has 1 saturated heterocycles. The molecule has 1 amide bonds. The van der Waals surface area contributed by atoms with Crippen molar-refractivity contribution in [3.63, 3.8) is 0 Å². The number of carbonyl (C=O) groups is 1. The van der Waals surface area contributed by atoms with Crippen LogP contribution in [0.5, 0.6) is 0 Å². The predicted molar refractivity (Wildman–Crippen MR) is 116 cm³/mol. The molecule has 10 heteroatoms. The number of carbonyl (C=O) groups excluding carboxylic acids is 1. The van der Waals surface area contributed by atoms with Crippen LogP contribution in [0.1, 0.15) is 59.6 Å². The van der Waals surface area contributed by atoms with Crippen LogP contribution in [-0.2, 0) is 14.1 Å². The zero-order chi connectivity index (χ0) is 24.3. The molecule has 2 N–H and O–H groups in total. The highest BCUT2D eigenvalue weighted by molar-refractivity contribution is 6.62. The molecule has 32 heavy (non-hydrogen) atoms. The van der Waals surface area contributed by atoms with Crippen molar-refractivity contribution in [3.8, 4) is 6.07 Å². The molecular weight excluding hydrogens is 422 g/mol. The van der Waals surface area contributed by atoms with Crippen molar-refractivity contribution < 1.29 is 27.3 Å². The van der Waals surface area contributed by atoms with E-state index in [1.165, 1.54) is 12.1 Å². The molecule has 1 heterocycles. The zero-order valence-electron chi connectivity index (χ0n) is 19.3. The Morgan fingerprint density at radius 2 is 1.66 bits per heavy atom. The van der Waals surface area contributed by atoms with Gasteiger partial charge in [0.25, 0.3) is 0 Å². The van der Waals surface area contributed by atoms with Crippen molar-refractivity contribution in [1.29, 1.82) is 5.26 Å². The molecule has 0 radical (unpaired) electrons. The number of hydrogen-bond donors (Lipinski definition) is 2. The Kier molecular flexibility index (Phi) is 8.03. The van der Waals surface area contributed by atoms with Gasteiger partial charge in [-0.15, -0.1) is 0 Å². The van der Waals surface area contributed by atoms with Gasteiger partial charge >= 0.3 is 13.3 Å². The Bertz CT molecular complexity index is 820. The zero-order valence-corrected chi connectivity index (χ0v) is 19.3. The molecule has 1 aromatic carbocycles. The van der Waals surface area contributed by atoms with Crippen LogP contribution in [0.15, 0.2) is 24.3 Å². The van der Waals surface area contributed by atoms with Gasteiger partial charge in [-0.2, -0.15) is 18.4 Å². The van der Waals surface area contributed by atoms with Crippen LogP contribution in [0, 0.1) is 17.2 Å². The maximum Gasteiger partial charge on any atom is 0.494 e. The van der Waals surface area contributed by atoms with Gasteiger partial charge in [0.1, 0.15) is 12.6 Å². The van der Waals surface area contributed by atoms with Crippen LogP contribution in [0.4, 0.5) is 13.2 Å². The standard InChI is InChI=1S/C22H31BF3N3O3/c1-14(2)13-17(19(30)28-12-11-27)29-18(22(24,25)26)15-7-9-16(10-8-15)23-31-20(3,4)21(5,6)32-23/h7-10,14,17-18,29H,12-13H2,1-6H3,(H,28,30)/t17-,18-/m0/s1. The summed E-state index contributed by atoms with van der Waals surface area (Å²) in [6.45, 7) is 11.0. The van der Waals surface area contributed by atoms with Gasteiger partial charge in [0.05, 0.1) is 23.3 Å². The van der Waals surface area contributed by atoms with Crippen LogP contribution in [0.2, 0.25) is 0 Å². The number of rotatable bonds is 8. The first kappa shape index (κ1) is 26.2. The van der Waals surface area contributed by atoms with Gasteiger partial charge < -0.3 is 14.6 Å². The summed E-state index contributed by atoms with van der Waals surface area (Å²) in [6.07, 6.45) is -4.44. The quantitative estimate of drug-likeness (QED) is 0.467. The van der Waals surface area contributed by atoms with Crippen molar-refractivity contribution in [2.45, 2.75) is 77.4 Å². The van der Waals surface area contributed by atoms with E-state index in [-0.39, 0.29) is 24.4 Å². The lowest BCUT2D eigenvalue weighted by Gasteiger charge is -2.32. The van der Waals surface area contributed by atoms with Gasteiger partial charge in [-0.05, 0) is 51.1 Å². The Hall–Kier alpha value is -2.09. The van der Waals surface area contributed by atoms with E-state index in [9.17, 15) is 18.0 Å². The van der Waals surface area contributed by atoms with E-state index >= 15 is 0 Å². The fraction of sp³-hybridized carbons (Fsp3) is 0.636. The fourth-order valence-electron chi connectivity index (χ4n) is 3.38. The first-order valence-electron chi connectivity index (χ1n) is 10.6. The SMILES string of the molecule is CC(C)C[C@H](N[C@@H](c1ccc(B2OC(C)(C)C(C)(C)O2)cc1)C(F)(F)F)C(=O)NCC#N. The molecule has 0 spiro atoms. The summed E-state index contributed by atoms with van der Waals surface area (Å²) in [5.74, 6) is -0.664. The van der Waals surface area contributed by atoms with Gasteiger partial charge in [0.15, 0.2) is 0 Å². The molecular formula is C22H31BF3N3O3. The minimum Gasteiger partial charge on any atom is -0.399 e. The lowest BCUT2D eigenvalue weighted by Crippen LogP contribution is -2.49. The minimum atomic E-state index is -4.63. The number of benzene rings is 1. The maximum absolute atomic E-state index is 13.9. The number of amides is 1. The molecule has 0 unspecified atom stereocenters. The molecule has 0 bridgehead atoms. The average molecular weight is 453 g/mol. The second-order valence-corrected chi connectivity index (χ2v) is 9.45. The number of nitrogens with zero attached hydrogens (tertiary/aromatic N) is 1. The summed E-state index contributed by atoms with van der Waals surface area (Å²) < 4.78 is 53.7. The number of alkyl halides is 3. The molecule has 0 aliphatic carbocycles. The second kappa shape index (κ2) is 9.81. The van der Waals surface area contributed by atoms with E-state index in [1.807, 2.05) is 41.5 Å². The van der Waals surface area contributed by atoms with Crippen LogP contribution in [-0.4, -0.2) is 43.0 Å². The van der Waals surface area contributed by atoms with Gasteiger partial charge in [-0.3, -0.25) is 10.1 Å². The molecule has 2 rings (SSSR count). The van der Waals surface area contributed by atoms with Gasteiger partial charge in [-0.25, -0.2) is 0 Å². The first-order valence-corrected chi connectivity index (χ1v) is 10.6. The van der Waals surface area contributed by atoms with Crippen molar-refractivity contribution in [1.82, 2.24) is 10.6 Å². The van der Waals surface area contributed by atoms with Crippen molar-refractivity contribution in [3.05, 3.63) is 29.8 Å². The van der Waals surface area contributed by atoms with Crippen molar-refractivity contribution >= 4 is 18.5 Å². The summed E-state index contributed by atoms with van der Waals surface area (Å²) in [5, 5.41) is 13.5. The highest BCUT2D eigenvalue weighted by Gasteiger charge is 2.52. The smallest absolute Gasteiger partial charge is 0.399 e. The Morgan fingerprint density at radius 3 is 2.09 bits per heavy atom. The normalized spacial score (nSPS) is 19.5. The van der Waals surface area contributed by atoms with Crippen LogP contribution in [0.25, 0.3) is 0 Å². The molecule has 6 nitrogen and oxygen atoms in total. The summed E-state index contributed by atoms with van der Waals surface area (Å²) in [7, 11) is -0.684. The number of hydrogen-bond acceptors (Lipinski definition) is 5. The Labute approximate surface area is 188 Å². The Morgan fingerprint density at radius 1 is 1.12 bits per heavy atom. The summed E-state index contributed by atoms with van der Waals surface area (Å²) in [5.41, 5.74) is -0.543. The third-order valence-electron chi connectivity index (χ3n) is 5.86. The topological polar surface area (TPSA) is 83.4 Å². The monoisotopic (exact) mass is 453 g/mol. The van der Waals surface area contributed by atoms with E-state index in [0.29, 0.717) is 5.46 Å². The molecule has 176 valence electrons. The number of halogens is 3.